The van der Waals surface area contributed by atoms with Crippen LogP contribution >= 0.6 is 0 Å². The number of hydrogen-bond acceptors (Lipinski definition) is 4. The van der Waals surface area contributed by atoms with Gasteiger partial charge in [0.05, 0.1) is 12.7 Å². The van der Waals surface area contributed by atoms with E-state index in [-0.39, 0.29) is 11.7 Å². The maximum atomic E-state index is 13.2. The molecule has 0 aliphatic carbocycles. The first-order chi connectivity index (χ1) is 9.45. The van der Waals surface area contributed by atoms with Crippen LogP contribution in [0.15, 0.2) is 18.2 Å². The van der Waals surface area contributed by atoms with Crippen molar-refractivity contribution in [1.29, 1.82) is 0 Å². The third-order valence-electron chi connectivity index (χ3n) is 2.70. The molecule has 1 rings (SSSR count). The molecule has 1 aromatic rings. The molecular formula is C14H20FNO4. The van der Waals surface area contributed by atoms with Crippen LogP contribution in [-0.4, -0.2) is 37.4 Å². The summed E-state index contributed by atoms with van der Waals surface area (Å²) in [4.78, 5) is 11.7. The fourth-order valence-corrected chi connectivity index (χ4v) is 1.62. The van der Waals surface area contributed by atoms with E-state index in [0.717, 1.165) is 6.07 Å². The van der Waals surface area contributed by atoms with E-state index in [1.807, 2.05) is 0 Å². The topological polar surface area (TPSA) is 67.8 Å². The van der Waals surface area contributed by atoms with Gasteiger partial charge in [-0.15, -0.1) is 0 Å². The number of benzene rings is 1. The molecule has 0 bridgehead atoms. The highest BCUT2D eigenvalue weighted by atomic mass is 19.1. The number of aliphatic hydroxyl groups is 1. The first-order valence-electron chi connectivity index (χ1n) is 6.36. The minimum absolute atomic E-state index is 0.161. The second-order valence-corrected chi connectivity index (χ2v) is 4.40. The molecule has 0 spiro atoms. The van der Waals surface area contributed by atoms with E-state index in [4.69, 9.17) is 9.47 Å². The Bertz CT molecular complexity index is 451. The van der Waals surface area contributed by atoms with E-state index >= 15 is 0 Å². The third-order valence-corrected chi connectivity index (χ3v) is 2.70. The van der Waals surface area contributed by atoms with Gasteiger partial charge in [-0.1, -0.05) is 0 Å². The average molecular weight is 285 g/mol. The number of ether oxygens (including phenoxy) is 2. The fraction of sp³-hybridized carbons (Fsp3) is 0.500. The van der Waals surface area contributed by atoms with Crippen molar-refractivity contribution in [3.63, 3.8) is 0 Å². The van der Waals surface area contributed by atoms with E-state index in [1.54, 1.807) is 13.8 Å². The van der Waals surface area contributed by atoms with Gasteiger partial charge in [0, 0.05) is 25.3 Å². The number of methoxy groups -OCH3 is 1. The predicted octanol–water partition coefficient (Wildman–Crippen LogP) is 1.41. The molecule has 0 heterocycles. The van der Waals surface area contributed by atoms with Gasteiger partial charge in [-0.2, -0.15) is 0 Å². The molecule has 2 N–H and O–H groups in total. The van der Waals surface area contributed by atoms with Crippen LogP contribution in [0, 0.1) is 5.82 Å². The molecule has 6 heteroatoms. The number of halogens is 1. The molecule has 1 aromatic carbocycles. The summed E-state index contributed by atoms with van der Waals surface area (Å²) in [5.74, 6) is -0.659. The Morgan fingerprint density at radius 3 is 2.75 bits per heavy atom. The number of hydrogen-bond donors (Lipinski definition) is 2. The Labute approximate surface area is 117 Å². The van der Waals surface area contributed by atoms with Crippen LogP contribution < -0.4 is 10.1 Å². The summed E-state index contributed by atoms with van der Waals surface area (Å²) in [5, 5.41) is 12.2. The maximum Gasteiger partial charge on any atom is 0.260 e. The van der Waals surface area contributed by atoms with Crippen LogP contribution in [0.3, 0.4) is 0 Å². The molecule has 0 radical (unpaired) electrons. The van der Waals surface area contributed by atoms with E-state index in [9.17, 15) is 14.3 Å². The number of amides is 1. The number of carbonyl (C=O) groups excluding carboxylic acids is 1. The van der Waals surface area contributed by atoms with Crippen molar-refractivity contribution in [2.24, 2.45) is 0 Å². The van der Waals surface area contributed by atoms with Gasteiger partial charge in [-0.25, -0.2) is 4.39 Å². The summed E-state index contributed by atoms with van der Waals surface area (Å²) in [7, 11) is 1.54. The maximum absolute atomic E-state index is 13.2. The smallest absolute Gasteiger partial charge is 0.260 e. The molecular weight excluding hydrogens is 265 g/mol. The zero-order chi connectivity index (χ0) is 15.1. The number of nitrogens with one attached hydrogen (secondary N) is 1. The molecule has 1 amide bonds. The largest absolute Gasteiger partial charge is 0.480 e. The molecule has 5 nitrogen and oxygen atoms in total. The van der Waals surface area contributed by atoms with Crippen molar-refractivity contribution in [3.8, 4) is 5.75 Å². The summed E-state index contributed by atoms with van der Waals surface area (Å²) < 4.78 is 23.5. The lowest BCUT2D eigenvalue weighted by molar-refractivity contribution is -0.127. The van der Waals surface area contributed by atoms with Gasteiger partial charge in [0.2, 0.25) is 0 Å². The summed E-state index contributed by atoms with van der Waals surface area (Å²) in [6.07, 6.45) is -1.61. The highest BCUT2D eigenvalue weighted by molar-refractivity contribution is 5.80. The average Bonchev–Trinajstić information content (AvgIpc) is 2.38. The van der Waals surface area contributed by atoms with Crippen LogP contribution in [0.1, 0.15) is 25.5 Å². The zero-order valence-electron chi connectivity index (χ0n) is 11.9. The normalized spacial score (nSPS) is 13.7. The van der Waals surface area contributed by atoms with Crippen molar-refractivity contribution >= 4 is 5.91 Å². The quantitative estimate of drug-likeness (QED) is 0.743. The molecule has 0 fully saturated rings. The Balaban J connectivity index is 2.71. The Morgan fingerprint density at radius 2 is 2.15 bits per heavy atom. The minimum atomic E-state index is -0.811. The Morgan fingerprint density at radius 1 is 1.45 bits per heavy atom. The first kappa shape index (κ1) is 16.4. The van der Waals surface area contributed by atoms with Gasteiger partial charge in [-0.05, 0) is 26.0 Å². The van der Waals surface area contributed by atoms with Gasteiger partial charge in [0.25, 0.3) is 5.91 Å². The lowest BCUT2D eigenvalue weighted by Gasteiger charge is -2.18. The lowest BCUT2D eigenvalue weighted by Crippen LogP contribution is -2.38. The lowest BCUT2D eigenvalue weighted by atomic mass is 10.1. The van der Waals surface area contributed by atoms with Crippen LogP contribution in [0.2, 0.25) is 0 Å². The SMILES string of the molecule is COCCNC(=O)C(C)Oc1cc(F)ccc1C(C)O. The van der Waals surface area contributed by atoms with Crippen LogP contribution in [0.25, 0.3) is 0 Å². The molecule has 0 aromatic heterocycles. The predicted molar refractivity (Wildman–Crippen MR) is 72.0 cm³/mol. The van der Waals surface area contributed by atoms with Gasteiger partial charge >= 0.3 is 0 Å². The van der Waals surface area contributed by atoms with Crippen molar-refractivity contribution in [3.05, 3.63) is 29.6 Å². The van der Waals surface area contributed by atoms with E-state index < -0.39 is 18.0 Å². The van der Waals surface area contributed by atoms with E-state index in [1.165, 1.54) is 19.2 Å². The Hall–Kier alpha value is -1.66. The highest BCUT2D eigenvalue weighted by Crippen LogP contribution is 2.26. The van der Waals surface area contributed by atoms with Crippen LogP contribution in [0.5, 0.6) is 5.75 Å². The standard InChI is InChI=1S/C14H20FNO4/c1-9(17)12-5-4-11(15)8-13(12)20-10(2)14(18)16-6-7-19-3/h4-5,8-10,17H,6-7H2,1-3H3,(H,16,18). The van der Waals surface area contributed by atoms with Gasteiger partial charge in [-0.3, -0.25) is 4.79 Å². The summed E-state index contributed by atoms with van der Waals surface area (Å²) in [6.45, 7) is 3.87. The zero-order valence-corrected chi connectivity index (χ0v) is 11.9. The minimum Gasteiger partial charge on any atom is -0.480 e. The first-order valence-corrected chi connectivity index (χ1v) is 6.36. The monoisotopic (exact) mass is 285 g/mol. The van der Waals surface area contributed by atoms with Gasteiger partial charge in [0.1, 0.15) is 11.6 Å². The second-order valence-electron chi connectivity index (χ2n) is 4.40. The molecule has 0 saturated carbocycles. The van der Waals surface area contributed by atoms with Crippen LogP contribution in [0.4, 0.5) is 4.39 Å². The molecule has 2 atom stereocenters. The molecule has 0 aliphatic heterocycles. The van der Waals surface area contributed by atoms with Crippen molar-refractivity contribution < 1.29 is 23.8 Å². The molecule has 2 unspecified atom stereocenters. The summed E-state index contributed by atoms with van der Waals surface area (Å²) in [6, 6.07) is 3.82. The fourth-order valence-electron chi connectivity index (χ4n) is 1.62. The highest BCUT2D eigenvalue weighted by Gasteiger charge is 2.18. The molecule has 112 valence electrons. The summed E-state index contributed by atoms with van der Waals surface area (Å²) >= 11 is 0. The second kappa shape index (κ2) is 7.81. The molecule has 0 aliphatic rings. The van der Waals surface area contributed by atoms with Crippen LogP contribution in [-0.2, 0) is 9.53 Å². The van der Waals surface area contributed by atoms with E-state index in [2.05, 4.69) is 5.32 Å². The third kappa shape index (κ3) is 4.79. The molecule has 20 heavy (non-hydrogen) atoms. The Kier molecular flexibility index (Phi) is 6.41. The van der Waals surface area contributed by atoms with Crippen molar-refractivity contribution in [2.45, 2.75) is 26.1 Å². The summed E-state index contributed by atoms with van der Waals surface area (Å²) in [5.41, 5.74) is 0.433. The van der Waals surface area contributed by atoms with Gasteiger partial charge < -0.3 is 19.9 Å². The number of aliphatic hydroxyl groups excluding tert-OH is 1. The van der Waals surface area contributed by atoms with Crippen molar-refractivity contribution in [1.82, 2.24) is 5.32 Å². The van der Waals surface area contributed by atoms with E-state index in [0.29, 0.717) is 18.7 Å². The number of carbonyl (C=O) groups is 1. The number of rotatable bonds is 7. The molecule has 0 saturated heterocycles. The van der Waals surface area contributed by atoms with Crippen molar-refractivity contribution in [2.75, 3.05) is 20.3 Å². The van der Waals surface area contributed by atoms with Gasteiger partial charge in [0.15, 0.2) is 6.10 Å².